The molecule has 1 aliphatic heterocycles. The molecule has 0 aliphatic carbocycles. The maximum atomic E-state index is 11.1. The van der Waals surface area contributed by atoms with Crippen LogP contribution in [0.1, 0.15) is 73.4 Å². The molecular weight excluding hydrogens is 423 g/mol. The van der Waals surface area contributed by atoms with Crippen molar-refractivity contribution >= 4 is 11.4 Å². The number of hydrogen-bond acceptors (Lipinski definition) is 0. The molecule has 0 unspecified atom stereocenters. The first-order chi connectivity index (χ1) is 14.8. The van der Waals surface area contributed by atoms with Gasteiger partial charge in [0.05, 0.1) is 0 Å². The molecule has 0 spiro atoms. The van der Waals surface area contributed by atoms with Crippen LogP contribution in [0.3, 0.4) is 0 Å². The van der Waals surface area contributed by atoms with E-state index < -0.39 is 0 Å². The molecule has 1 aliphatic rings. The zero-order valence-corrected chi connectivity index (χ0v) is 21.3. The molecule has 0 amide bonds. The van der Waals surface area contributed by atoms with Crippen LogP contribution in [0.5, 0.6) is 0 Å². The number of aryl methyl sites for hydroxylation is 4. The van der Waals surface area contributed by atoms with Crippen LogP contribution in [-0.4, -0.2) is 4.70 Å². The molecule has 1 heterocycles. The molecule has 3 heteroatoms. The summed E-state index contributed by atoms with van der Waals surface area (Å²) in [6.45, 7) is 15.0. The predicted molar refractivity (Wildman–Crippen MR) is 131 cm³/mol. The molecule has 0 saturated heterocycles. The van der Waals surface area contributed by atoms with Crippen molar-refractivity contribution in [3.05, 3.63) is 87.0 Å². The fourth-order valence-electron chi connectivity index (χ4n) is 4.01. The number of allylic oxidation sites excluding steroid dienone is 2. The summed E-state index contributed by atoms with van der Waals surface area (Å²) in [6.07, 6.45) is 5.40. The molecule has 0 aromatic heterocycles. The second-order valence-corrected chi connectivity index (χ2v) is 10.1. The molecule has 0 fully saturated rings. The molecule has 2 aromatic carbocycles. The van der Waals surface area contributed by atoms with Gasteiger partial charge in [0.1, 0.15) is 0 Å². The molecule has 0 atom stereocenters. The average molecular weight is 461 g/mol. The molecule has 0 saturated carbocycles. The van der Waals surface area contributed by atoms with Crippen LogP contribution in [0.25, 0.3) is 16.9 Å². The van der Waals surface area contributed by atoms with E-state index in [1.165, 1.54) is 43.3 Å². The number of hydrogen-bond donors (Lipinski definition) is 0. The monoisotopic (exact) mass is 460 g/mol. The van der Waals surface area contributed by atoms with Gasteiger partial charge in [-0.2, -0.15) is 0 Å². The number of unbranched alkanes of at least 4 members (excludes halogenated alkanes) is 1. The minimum atomic E-state index is 0.872. The van der Waals surface area contributed by atoms with Crippen molar-refractivity contribution in [2.75, 3.05) is 0 Å². The van der Waals surface area contributed by atoms with Gasteiger partial charge in [-0.15, -0.1) is 0 Å². The van der Waals surface area contributed by atoms with Gasteiger partial charge >= 0.3 is 39.1 Å². The van der Waals surface area contributed by atoms with E-state index in [0.29, 0.717) is 0 Å². The van der Waals surface area contributed by atoms with Crippen molar-refractivity contribution in [1.82, 2.24) is 0 Å². The summed E-state index contributed by atoms with van der Waals surface area (Å²) in [7, 11) is 0. The van der Waals surface area contributed by atoms with Crippen LogP contribution in [0.4, 0.5) is 0 Å². The Kier molecular flexibility index (Phi) is 9.91. The SMILES string of the molecule is CCCCC1=C(c2cc(C)cc(C)c2)[N+](=[N-])C(c2cc(C)cc(C)c2)=C1.C[CH2][Ni][CH2]C. The summed E-state index contributed by atoms with van der Waals surface area (Å²) in [4.78, 5) is 0. The summed E-state index contributed by atoms with van der Waals surface area (Å²) in [6, 6.07) is 12.9. The summed E-state index contributed by atoms with van der Waals surface area (Å²) in [5.74, 6) is 0. The summed E-state index contributed by atoms with van der Waals surface area (Å²) < 4.78 is 1.40. The standard InChI is InChI=1S/C24H28N2.2C2H5.Ni/c1-6-7-8-20-15-23(21-11-16(2)9-17(3)12-21)26(25)24(20)22-13-18(4)10-19(5)14-22;2*1-2;/h9-15H,6-8H2,1-5H3;2*1H2,2H3;. The first kappa shape index (κ1) is 25.3. The number of nitrogens with zero attached hydrogens (tertiary/aromatic N) is 2. The molecular formula is C28H38N2Ni. The van der Waals surface area contributed by atoms with Crippen molar-refractivity contribution in [3.8, 4) is 0 Å². The molecule has 2 aromatic rings. The zero-order valence-electron chi connectivity index (χ0n) is 20.3. The molecule has 170 valence electrons. The molecule has 2 nitrogen and oxygen atoms in total. The van der Waals surface area contributed by atoms with Crippen molar-refractivity contribution in [1.29, 1.82) is 0 Å². The van der Waals surface area contributed by atoms with Crippen LogP contribution in [0.15, 0.2) is 48.0 Å². The molecule has 0 N–H and O–H groups in total. The topological polar surface area (TPSA) is 25.3 Å². The molecule has 0 bridgehead atoms. The normalized spacial score (nSPS) is 13.4. The summed E-state index contributed by atoms with van der Waals surface area (Å²) >= 11 is 1.82. The average Bonchev–Trinajstić information content (AvgIpc) is 3.02. The van der Waals surface area contributed by atoms with Crippen molar-refractivity contribution in [2.45, 2.75) is 78.5 Å². The number of rotatable bonds is 7. The van der Waals surface area contributed by atoms with E-state index in [-0.39, 0.29) is 0 Å². The first-order valence-corrected chi connectivity index (χ1v) is 12.8. The van der Waals surface area contributed by atoms with Crippen molar-refractivity contribution in [3.63, 3.8) is 0 Å². The Balaban J connectivity index is 0.000000614. The van der Waals surface area contributed by atoms with Gasteiger partial charge < -0.3 is 5.53 Å². The summed E-state index contributed by atoms with van der Waals surface area (Å²) in [5, 5.41) is 2.56. The van der Waals surface area contributed by atoms with E-state index in [0.717, 1.165) is 41.8 Å². The van der Waals surface area contributed by atoms with Crippen LogP contribution in [-0.2, 0) is 14.4 Å². The van der Waals surface area contributed by atoms with Gasteiger partial charge in [-0.05, 0) is 64.8 Å². The van der Waals surface area contributed by atoms with Crippen molar-refractivity contribution < 1.29 is 19.1 Å². The van der Waals surface area contributed by atoms with Gasteiger partial charge in [-0.25, -0.2) is 4.70 Å². The van der Waals surface area contributed by atoms with E-state index in [4.69, 9.17) is 0 Å². The second kappa shape index (κ2) is 12.2. The van der Waals surface area contributed by atoms with Crippen LogP contribution >= 0.6 is 0 Å². The van der Waals surface area contributed by atoms with Crippen molar-refractivity contribution in [2.24, 2.45) is 0 Å². The third-order valence-electron chi connectivity index (χ3n) is 5.18. The van der Waals surface area contributed by atoms with Gasteiger partial charge in [-0.3, -0.25) is 0 Å². The minimum absolute atomic E-state index is 0.872. The maximum absolute atomic E-state index is 11.1. The van der Waals surface area contributed by atoms with Crippen LogP contribution in [0.2, 0.25) is 10.8 Å². The van der Waals surface area contributed by atoms with Gasteiger partial charge in [0.15, 0.2) is 0 Å². The van der Waals surface area contributed by atoms with Gasteiger partial charge in [-0.1, -0.05) is 47.7 Å². The summed E-state index contributed by atoms with van der Waals surface area (Å²) in [5.41, 5.74) is 21.1. The fourth-order valence-corrected chi connectivity index (χ4v) is 4.51. The Labute approximate surface area is 195 Å². The fraction of sp³-hybridized carbons (Fsp3) is 0.429. The van der Waals surface area contributed by atoms with E-state index >= 15 is 0 Å². The Bertz CT molecular complexity index is 940. The molecule has 31 heavy (non-hydrogen) atoms. The van der Waals surface area contributed by atoms with Gasteiger partial charge in [0.2, 0.25) is 11.4 Å². The van der Waals surface area contributed by atoms with E-state index in [9.17, 15) is 5.53 Å². The third kappa shape index (κ3) is 7.01. The molecule has 0 radical (unpaired) electrons. The Morgan fingerprint density at radius 2 is 1.23 bits per heavy atom. The van der Waals surface area contributed by atoms with Crippen LogP contribution in [0, 0.1) is 27.7 Å². The quantitative estimate of drug-likeness (QED) is 0.291. The van der Waals surface area contributed by atoms with Gasteiger partial charge in [0, 0.05) is 22.8 Å². The zero-order chi connectivity index (χ0) is 23.0. The second-order valence-electron chi connectivity index (χ2n) is 8.18. The van der Waals surface area contributed by atoms with E-state index in [1.54, 1.807) is 0 Å². The van der Waals surface area contributed by atoms with Gasteiger partial charge in [0.25, 0.3) is 0 Å². The Hall–Kier alpha value is -1.99. The number of benzene rings is 2. The first-order valence-electron chi connectivity index (χ1n) is 11.4. The Morgan fingerprint density at radius 1 is 0.742 bits per heavy atom. The third-order valence-corrected chi connectivity index (χ3v) is 6.17. The van der Waals surface area contributed by atoms with E-state index in [1.807, 2.05) is 14.4 Å². The van der Waals surface area contributed by atoms with Crippen LogP contribution < -0.4 is 0 Å². The Morgan fingerprint density at radius 3 is 1.65 bits per heavy atom. The molecule has 3 rings (SSSR count). The predicted octanol–water partition coefficient (Wildman–Crippen LogP) is 8.86. The van der Waals surface area contributed by atoms with E-state index in [2.05, 4.69) is 90.9 Å².